The van der Waals surface area contributed by atoms with Gasteiger partial charge < -0.3 is 20.3 Å². The maximum atomic E-state index is 13.9. The highest BCUT2D eigenvalue weighted by atomic mass is 19.1. The second kappa shape index (κ2) is 10.5. The summed E-state index contributed by atoms with van der Waals surface area (Å²) in [5.74, 6) is 1.56. The molecule has 0 saturated carbocycles. The fourth-order valence-corrected chi connectivity index (χ4v) is 5.88. The molecule has 39 heavy (non-hydrogen) atoms. The van der Waals surface area contributed by atoms with Crippen molar-refractivity contribution in [2.24, 2.45) is 5.73 Å². The van der Waals surface area contributed by atoms with Crippen molar-refractivity contribution >= 4 is 17.1 Å². The number of pyridine rings is 3. The van der Waals surface area contributed by atoms with Gasteiger partial charge in [0, 0.05) is 80.6 Å². The van der Waals surface area contributed by atoms with Gasteiger partial charge in [0.05, 0.1) is 30.3 Å². The van der Waals surface area contributed by atoms with Crippen molar-refractivity contribution in [3.63, 3.8) is 0 Å². The molecule has 0 radical (unpaired) electrons. The van der Waals surface area contributed by atoms with Gasteiger partial charge in [0.15, 0.2) is 0 Å². The van der Waals surface area contributed by atoms with Crippen LogP contribution < -0.4 is 20.3 Å². The summed E-state index contributed by atoms with van der Waals surface area (Å²) in [5, 5.41) is 9.61. The Hall–Kier alpha value is -4.23. The van der Waals surface area contributed by atoms with E-state index < -0.39 is 6.17 Å². The van der Waals surface area contributed by atoms with Gasteiger partial charge in [-0.25, -0.2) is 14.4 Å². The van der Waals surface area contributed by atoms with Crippen LogP contribution in [-0.4, -0.2) is 71.4 Å². The van der Waals surface area contributed by atoms with Gasteiger partial charge in [0.1, 0.15) is 18.1 Å². The van der Waals surface area contributed by atoms with E-state index in [-0.39, 0.29) is 5.57 Å². The van der Waals surface area contributed by atoms with Gasteiger partial charge >= 0.3 is 0 Å². The zero-order chi connectivity index (χ0) is 26.9. The number of nitriles is 1. The number of ether oxygens (including phenoxy) is 1. The predicted molar refractivity (Wildman–Crippen MR) is 148 cm³/mol. The van der Waals surface area contributed by atoms with Crippen LogP contribution in [0, 0.1) is 11.3 Å². The number of piperazine rings is 1. The lowest BCUT2D eigenvalue weighted by Crippen LogP contribution is -2.68. The topological polar surface area (TPSA) is 107 Å². The Kier molecular flexibility index (Phi) is 6.75. The molecule has 0 aliphatic carbocycles. The summed E-state index contributed by atoms with van der Waals surface area (Å²) in [5.41, 5.74) is 10.1. The second-order valence-corrected chi connectivity index (χ2v) is 10.3. The summed E-state index contributed by atoms with van der Waals surface area (Å²) in [6.07, 6.45) is 7.53. The smallest absolute Gasteiger partial charge is 0.212 e. The quantitative estimate of drug-likeness (QED) is 0.464. The van der Waals surface area contributed by atoms with Crippen molar-refractivity contribution in [2.75, 3.05) is 43.1 Å². The van der Waals surface area contributed by atoms with Crippen LogP contribution in [0.4, 0.5) is 15.9 Å². The highest BCUT2D eigenvalue weighted by molar-refractivity contribution is 5.86. The van der Waals surface area contributed by atoms with E-state index in [9.17, 15) is 9.65 Å². The van der Waals surface area contributed by atoms with Gasteiger partial charge in [0.2, 0.25) is 5.88 Å². The number of hydrogen-bond acceptors (Lipinski definition) is 9. The van der Waals surface area contributed by atoms with Crippen LogP contribution in [0.2, 0.25) is 0 Å². The van der Waals surface area contributed by atoms with E-state index in [4.69, 9.17) is 15.5 Å². The number of piperidine rings is 1. The van der Waals surface area contributed by atoms with E-state index >= 15 is 0 Å². The molecule has 2 bridgehead atoms. The number of alkyl halides is 1. The molecule has 4 aliphatic heterocycles. The molecule has 0 aromatic carbocycles. The summed E-state index contributed by atoms with van der Waals surface area (Å²) in [6, 6.07) is 13.1. The Labute approximate surface area is 227 Å². The van der Waals surface area contributed by atoms with Crippen molar-refractivity contribution in [2.45, 2.75) is 37.6 Å². The molecular formula is C29H31FN8O. The zero-order valence-corrected chi connectivity index (χ0v) is 21.9. The number of rotatable bonds is 7. The van der Waals surface area contributed by atoms with Crippen LogP contribution in [0.15, 0.2) is 55.1 Å². The first-order valence-electron chi connectivity index (χ1n) is 13.2. The molecule has 9 nitrogen and oxygen atoms in total. The molecule has 4 fully saturated rings. The lowest BCUT2D eigenvalue weighted by atomic mass is 9.87. The molecule has 7 heterocycles. The summed E-state index contributed by atoms with van der Waals surface area (Å²) >= 11 is 0. The molecule has 0 amide bonds. The molecule has 3 aromatic heterocycles. The van der Waals surface area contributed by atoms with E-state index in [2.05, 4.69) is 31.9 Å². The molecule has 10 heteroatoms. The fraction of sp³-hybridized carbons (Fsp3) is 0.379. The predicted octanol–water partition coefficient (Wildman–Crippen LogP) is 3.38. The standard InChI is InChI=1S/C29H31FN8O/c1-39-28-5-2-19(12-34-28)15-38-24-8-25(38)18-37(17-24)27-4-3-20(13-33-27)26-9-23(36-7-6-22(30)16-36)14-35-29(26)21(10-31)11-32/h2-5,9-10,12-14,22,24-25H,6-8,15-18,31H2,1H3/t22-,24?,25?/m1/s1. The average Bonchev–Trinajstić information content (AvgIpc) is 3.43. The first kappa shape index (κ1) is 25.1. The fourth-order valence-electron chi connectivity index (χ4n) is 5.88. The third-order valence-electron chi connectivity index (χ3n) is 8.01. The number of nitrogens with two attached hydrogens (primary N) is 1. The lowest BCUT2D eigenvalue weighted by Gasteiger charge is -2.56. The van der Waals surface area contributed by atoms with Crippen LogP contribution in [0.3, 0.4) is 0 Å². The minimum Gasteiger partial charge on any atom is -0.481 e. The van der Waals surface area contributed by atoms with Crippen molar-refractivity contribution in [3.05, 3.63) is 66.4 Å². The third kappa shape index (κ3) is 4.86. The number of halogens is 1. The Morgan fingerprint density at radius 2 is 1.95 bits per heavy atom. The van der Waals surface area contributed by atoms with Crippen LogP contribution in [-0.2, 0) is 6.54 Å². The summed E-state index contributed by atoms with van der Waals surface area (Å²) in [4.78, 5) is 20.6. The largest absolute Gasteiger partial charge is 0.481 e. The van der Waals surface area contributed by atoms with Crippen LogP contribution in [0.5, 0.6) is 5.88 Å². The van der Waals surface area contributed by atoms with E-state index in [0.29, 0.717) is 43.2 Å². The Balaban J connectivity index is 1.19. The van der Waals surface area contributed by atoms with Crippen LogP contribution >= 0.6 is 0 Å². The molecule has 0 spiro atoms. The molecule has 7 rings (SSSR count). The summed E-state index contributed by atoms with van der Waals surface area (Å²) in [7, 11) is 1.63. The normalized spacial score (nSPS) is 22.9. The van der Waals surface area contributed by atoms with E-state index in [0.717, 1.165) is 42.3 Å². The number of hydrogen-bond donors (Lipinski definition) is 1. The minimum atomic E-state index is -0.841. The molecule has 3 atom stereocenters. The molecular weight excluding hydrogens is 495 g/mol. The number of allylic oxidation sites excluding steroid dienone is 1. The van der Waals surface area contributed by atoms with Crippen molar-refractivity contribution in [1.29, 1.82) is 5.26 Å². The number of methoxy groups -OCH3 is 1. The van der Waals surface area contributed by atoms with Crippen LogP contribution in [0.25, 0.3) is 16.7 Å². The molecule has 4 saturated heterocycles. The molecule has 2 unspecified atom stereocenters. The maximum absolute atomic E-state index is 13.9. The Morgan fingerprint density at radius 1 is 1.10 bits per heavy atom. The van der Waals surface area contributed by atoms with Gasteiger partial charge in [-0.2, -0.15) is 5.26 Å². The SMILES string of the molecule is COc1ccc(CN2C3CC2CN(c2ccc(-c4cc(N5CC[C@@H](F)C5)cnc4C(C#N)=CN)cn2)C3)cn1. The number of fused-ring (bicyclic) bond motifs is 2. The van der Waals surface area contributed by atoms with Crippen molar-refractivity contribution in [3.8, 4) is 23.1 Å². The minimum absolute atomic E-state index is 0.286. The monoisotopic (exact) mass is 526 g/mol. The Morgan fingerprint density at radius 3 is 2.56 bits per heavy atom. The lowest BCUT2D eigenvalue weighted by molar-refractivity contribution is -0.00876. The third-order valence-corrected chi connectivity index (χ3v) is 8.01. The van der Waals surface area contributed by atoms with Gasteiger partial charge in [-0.05, 0) is 36.6 Å². The molecule has 3 aromatic rings. The highest BCUT2D eigenvalue weighted by Crippen LogP contribution is 2.37. The number of nitrogens with zero attached hydrogens (tertiary/aromatic N) is 7. The van der Waals surface area contributed by atoms with Gasteiger partial charge in [0.25, 0.3) is 0 Å². The van der Waals surface area contributed by atoms with Crippen molar-refractivity contribution in [1.82, 2.24) is 19.9 Å². The van der Waals surface area contributed by atoms with E-state index in [1.165, 1.54) is 18.2 Å². The average molecular weight is 527 g/mol. The molecule has 2 N–H and O–H groups in total. The molecule has 200 valence electrons. The summed E-state index contributed by atoms with van der Waals surface area (Å²) < 4.78 is 19.0. The van der Waals surface area contributed by atoms with E-state index in [1.54, 1.807) is 13.3 Å². The second-order valence-electron chi connectivity index (χ2n) is 10.3. The van der Waals surface area contributed by atoms with Gasteiger partial charge in [-0.15, -0.1) is 0 Å². The van der Waals surface area contributed by atoms with Gasteiger partial charge in [-0.3, -0.25) is 9.88 Å². The van der Waals surface area contributed by atoms with Gasteiger partial charge in [-0.1, -0.05) is 6.07 Å². The number of aromatic nitrogens is 3. The highest BCUT2D eigenvalue weighted by Gasteiger charge is 2.44. The first-order chi connectivity index (χ1) is 19.1. The van der Waals surface area contributed by atoms with Crippen molar-refractivity contribution < 1.29 is 9.13 Å². The maximum Gasteiger partial charge on any atom is 0.212 e. The van der Waals surface area contributed by atoms with Crippen LogP contribution in [0.1, 0.15) is 24.1 Å². The van der Waals surface area contributed by atoms with E-state index in [1.807, 2.05) is 41.6 Å². The first-order valence-corrected chi connectivity index (χ1v) is 13.2. The summed E-state index contributed by atoms with van der Waals surface area (Å²) in [6.45, 7) is 3.71. The Bertz CT molecular complexity index is 1390. The zero-order valence-electron chi connectivity index (χ0n) is 21.9. The number of anilines is 2. The molecule has 4 aliphatic rings.